The van der Waals surface area contributed by atoms with Gasteiger partial charge in [-0.15, -0.1) is 23.7 Å². The van der Waals surface area contributed by atoms with Crippen LogP contribution in [-0.2, 0) is 11.3 Å². The van der Waals surface area contributed by atoms with Gasteiger partial charge >= 0.3 is 0 Å². The first-order valence-corrected chi connectivity index (χ1v) is 10.6. The zero-order chi connectivity index (χ0) is 20.8. The molecule has 0 spiro atoms. The molecule has 0 bridgehead atoms. The smallest absolute Gasteiger partial charge is 0.207 e. The van der Waals surface area contributed by atoms with E-state index in [4.69, 9.17) is 4.74 Å². The second-order valence-corrected chi connectivity index (χ2v) is 7.77. The van der Waals surface area contributed by atoms with E-state index in [2.05, 4.69) is 29.4 Å². The number of amides is 1. The molecule has 3 aromatic rings. The number of carbonyl (C=O) groups excluding carboxylic acids is 1. The maximum absolute atomic E-state index is 13.4. The Morgan fingerprint density at radius 1 is 1.17 bits per heavy atom. The van der Waals surface area contributed by atoms with Crippen LogP contribution in [0.4, 0.5) is 5.69 Å². The van der Waals surface area contributed by atoms with Crippen LogP contribution in [0.15, 0.2) is 35.1 Å². The lowest BCUT2D eigenvalue weighted by atomic mass is 10.1. The first-order valence-electron chi connectivity index (χ1n) is 9.82. The minimum absolute atomic E-state index is 0. The molecule has 0 aliphatic rings. The second-order valence-electron chi connectivity index (χ2n) is 6.72. The fourth-order valence-electron chi connectivity index (χ4n) is 3.44. The SMILES string of the molecule is CCN(CC)CCNc1ccc(CNC=O)c2sc3ccc(OC)cc3c(=O)c12.Cl. The molecule has 6 nitrogen and oxygen atoms in total. The van der Waals surface area contributed by atoms with Crippen LogP contribution < -0.4 is 20.8 Å². The van der Waals surface area contributed by atoms with E-state index >= 15 is 0 Å². The average molecular weight is 450 g/mol. The number of hydrogen-bond acceptors (Lipinski definition) is 6. The number of methoxy groups -OCH3 is 1. The normalized spacial score (nSPS) is 10.8. The van der Waals surface area contributed by atoms with Crippen molar-refractivity contribution >= 4 is 56.0 Å². The van der Waals surface area contributed by atoms with Gasteiger partial charge < -0.3 is 20.3 Å². The summed E-state index contributed by atoms with van der Waals surface area (Å²) in [5.41, 5.74) is 1.74. The fourth-order valence-corrected chi connectivity index (χ4v) is 4.64. The van der Waals surface area contributed by atoms with Crippen LogP contribution >= 0.6 is 23.7 Å². The highest BCUT2D eigenvalue weighted by atomic mass is 35.5. The Labute approximate surface area is 186 Å². The summed E-state index contributed by atoms with van der Waals surface area (Å²) in [6.45, 7) is 8.32. The summed E-state index contributed by atoms with van der Waals surface area (Å²) in [5, 5.41) is 7.47. The molecule has 162 valence electrons. The predicted octanol–water partition coefficient (Wildman–Crippen LogP) is 3.84. The second kappa shape index (κ2) is 11.2. The van der Waals surface area contributed by atoms with Gasteiger partial charge in [-0.05, 0) is 42.9 Å². The van der Waals surface area contributed by atoms with Gasteiger partial charge in [-0.1, -0.05) is 19.9 Å². The molecule has 0 aliphatic carbocycles. The monoisotopic (exact) mass is 449 g/mol. The van der Waals surface area contributed by atoms with Gasteiger partial charge in [0.15, 0.2) is 5.43 Å². The van der Waals surface area contributed by atoms with Crippen molar-refractivity contribution in [1.82, 2.24) is 10.2 Å². The summed E-state index contributed by atoms with van der Waals surface area (Å²) < 4.78 is 7.11. The molecule has 0 fully saturated rings. The largest absolute Gasteiger partial charge is 0.497 e. The number of nitrogens with zero attached hydrogens (tertiary/aromatic N) is 1. The third-order valence-electron chi connectivity index (χ3n) is 5.12. The van der Waals surface area contributed by atoms with Gasteiger partial charge in [-0.25, -0.2) is 0 Å². The molecule has 1 heterocycles. The minimum Gasteiger partial charge on any atom is -0.497 e. The quantitative estimate of drug-likeness (QED) is 0.363. The molecular formula is C22H28ClN3O3S. The molecule has 8 heteroatoms. The number of fused-ring (bicyclic) bond motifs is 2. The van der Waals surface area contributed by atoms with Gasteiger partial charge in [-0.2, -0.15) is 0 Å². The molecule has 0 radical (unpaired) electrons. The highest BCUT2D eigenvalue weighted by Gasteiger charge is 2.14. The van der Waals surface area contributed by atoms with E-state index in [-0.39, 0.29) is 17.8 Å². The molecule has 30 heavy (non-hydrogen) atoms. The van der Waals surface area contributed by atoms with E-state index in [9.17, 15) is 9.59 Å². The summed E-state index contributed by atoms with van der Waals surface area (Å²) in [5.74, 6) is 0.663. The summed E-state index contributed by atoms with van der Waals surface area (Å²) in [6, 6.07) is 9.48. The van der Waals surface area contributed by atoms with Crippen molar-refractivity contribution in [3.8, 4) is 5.75 Å². The van der Waals surface area contributed by atoms with Crippen LogP contribution in [0.5, 0.6) is 5.75 Å². The van der Waals surface area contributed by atoms with Crippen molar-refractivity contribution < 1.29 is 9.53 Å². The Morgan fingerprint density at radius 3 is 2.60 bits per heavy atom. The number of likely N-dealkylation sites (N-methyl/N-ethyl adjacent to an activating group) is 1. The average Bonchev–Trinajstić information content (AvgIpc) is 2.75. The molecule has 0 saturated heterocycles. The van der Waals surface area contributed by atoms with Crippen molar-refractivity contribution in [3.05, 3.63) is 46.1 Å². The van der Waals surface area contributed by atoms with Crippen molar-refractivity contribution in [2.24, 2.45) is 0 Å². The van der Waals surface area contributed by atoms with E-state index in [1.165, 1.54) is 0 Å². The lowest BCUT2D eigenvalue weighted by Crippen LogP contribution is -2.28. The molecule has 0 atom stereocenters. The number of rotatable bonds is 10. The van der Waals surface area contributed by atoms with Crippen molar-refractivity contribution in [1.29, 1.82) is 0 Å². The van der Waals surface area contributed by atoms with Crippen LogP contribution in [0.2, 0.25) is 0 Å². The number of carbonyl (C=O) groups is 1. The molecule has 0 saturated carbocycles. The minimum atomic E-state index is -0.0223. The molecule has 2 N–H and O–H groups in total. The molecule has 1 aromatic heterocycles. The zero-order valence-corrected chi connectivity index (χ0v) is 19.1. The molecule has 2 aromatic carbocycles. The number of ether oxygens (including phenoxy) is 1. The van der Waals surface area contributed by atoms with E-state index in [1.54, 1.807) is 24.5 Å². The third kappa shape index (κ3) is 5.03. The highest BCUT2D eigenvalue weighted by Crippen LogP contribution is 2.33. The van der Waals surface area contributed by atoms with Gasteiger partial charge in [0.05, 0.1) is 12.5 Å². The lowest BCUT2D eigenvalue weighted by molar-refractivity contribution is -0.109. The molecule has 0 unspecified atom stereocenters. The summed E-state index contributed by atoms with van der Waals surface area (Å²) in [6.07, 6.45) is 0.677. The Bertz CT molecular complexity index is 1070. The van der Waals surface area contributed by atoms with Crippen molar-refractivity contribution in [3.63, 3.8) is 0 Å². The molecule has 0 aliphatic heterocycles. The van der Waals surface area contributed by atoms with Gasteiger partial charge in [0.1, 0.15) is 5.75 Å². The van der Waals surface area contributed by atoms with Crippen LogP contribution in [0, 0.1) is 0 Å². The predicted molar refractivity (Wildman–Crippen MR) is 129 cm³/mol. The number of halogens is 1. The van der Waals surface area contributed by atoms with Gasteiger partial charge in [0.2, 0.25) is 6.41 Å². The Balaban J connectivity index is 0.00000320. The van der Waals surface area contributed by atoms with E-state index in [1.807, 2.05) is 24.3 Å². The number of nitrogens with one attached hydrogen (secondary N) is 2. The number of anilines is 1. The summed E-state index contributed by atoms with van der Waals surface area (Å²) in [7, 11) is 1.60. The Hall–Kier alpha value is -2.35. The van der Waals surface area contributed by atoms with Gasteiger partial charge in [0.25, 0.3) is 0 Å². The van der Waals surface area contributed by atoms with Crippen molar-refractivity contribution in [2.75, 3.05) is 38.6 Å². The topological polar surface area (TPSA) is 70.7 Å². The Kier molecular flexibility index (Phi) is 8.89. The summed E-state index contributed by atoms with van der Waals surface area (Å²) in [4.78, 5) is 26.5. The van der Waals surface area contributed by atoms with E-state index in [0.29, 0.717) is 29.5 Å². The van der Waals surface area contributed by atoms with Gasteiger partial charge in [-0.3, -0.25) is 9.59 Å². The number of hydrogen-bond donors (Lipinski definition) is 2. The standard InChI is InChI=1S/C22H27N3O3S.ClH/c1-4-25(5-2)11-10-24-18-8-6-15(13-23-14-26)22-20(18)21(27)17-12-16(28-3)7-9-19(17)29-22;/h6-9,12,14,24H,4-5,10-11,13H2,1-3H3,(H,23,26);1H. The van der Waals surface area contributed by atoms with E-state index < -0.39 is 0 Å². The zero-order valence-electron chi connectivity index (χ0n) is 17.5. The van der Waals surface area contributed by atoms with Crippen molar-refractivity contribution in [2.45, 2.75) is 20.4 Å². The first kappa shape index (κ1) is 23.9. The van der Waals surface area contributed by atoms with Crippen LogP contribution in [-0.4, -0.2) is 44.6 Å². The fraction of sp³-hybridized carbons (Fsp3) is 0.364. The molecular weight excluding hydrogens is 422 g/mol. The molecule has 3 rings (SSSR count). The first-order chi connectivity index (χ1) is 14.1. The maximum atomic E-state index is 13.4. The van der Waals surface area contributed by atoms with Gasteiger partial charge in [0, 0.05) is 40.1 Å². The lowest BCUT2D eigenvalue weighted by Gasteiger charge is -2.19. The van der Waals surface area contributed by atoms with Crippen LogP contribution in [0.25, 0.3) is 20.2 Å². The Morgan fingerprint density at radius 2 is 1.93 bits per heavy atom. The van der Waals surface area contributed by atoms with Crippen LogP contribution in [0.1, 0.15) is 19.4 Å². The number of benzene rings is 2. The molecule has 1 amide bonds. The third-order valence-corrected chi connectivity index (χ3v) is 6.37. The maximum Gasteiger partial charge on any atom is 0.207 e. The summed E-state index contributed by atoms with van der Waals surface area (Å²) >= 11 is 1.56. The highest BCUT2D eigenvalue weighted by molar-refractivity contribution is 7.24. The van der Waals surface area contributed by atoms with E-state index in [0.717, 1.165) is 46.8 Å². The van der Waals surface area contributed by atoms with Crippen LogP contribution in [0.3, 0.4) is 0 Å².